The number of rotatable bonds is 2. The third kappa shape index (κ3) is 2.42. The van der Waals surface area contributed by atoms with Crippen LogP contribution in [0.4, 0.5) is 0 Å². The maximum absolute atomic E-state index is 12.6. The number of amides is 1. The van der Waals surface area contributed by atoms with Crippen molar-refractivity contribution in [3.8, 4) is 5.69 Å². The van der Waals surface area contributed by atoms with Gasteiger partial charge >= 0.3 is 0 Å². The Bertz CT molecular complexity index is 595. The molecule has 20 heavy (non-hydrogen) atoms. The second kappa shape index (κ2) is 5.42. The summed E-state index contributed by atoms with van der Waals surface area (Å²) < 4.78 is 1.65. The van der Waals surface area contributed by atoms with E-state index in [4.69, 9.17) is 0 Å². The van der Waals surface area contributed by atoms with Gasteiger partial charge in [-0.1, -0.05) is 6.07 Å². The van der Waals surface area contributed by atoms with E-state index in [9.17, 15) is 4.79 Å². The monoisotopic (exact) mass is 271 g/mol. The van der Waals surface area contributed by atoms with Gasteiger partial charge in [0.2, 0.25) is 0 Å². The zero-order chi connectivity index (χ0) is 13.9. The molecule has 1 amide bonds. The molecule has 1 aliphatic heterocycles. The van der Waals surface area contributed by atoms with Crippen LogP contribution < -0.4 is 5.32 Å². The summed E-state index contributed by atoms with van der Waals surface area (Å²) in [6.45, 7) is 4.49. The highest BCUT2D eigenvalue weighted by atomic mass is 16.2. The molecule has 1 aliphatic rings. The molecular weight excluding hydrogens is 254 g/mol. The van der Waals surface area contributed by atoms with Crippen LogP contribution in [-0.2, 0) is 0 Å². The summed E-state index contributed by atoms with van der Waals surface area (Å²) in [6.07, 6.45) is 3.10. The SMILES string of the molecule is CC1CNCCN1C(=O)c1cccc(-n2cncn2)c1. The molecule has 0 radical (unpaired) electrons. The molecule has 1 unspecified atom stereocenters. The van der Waals surface area contributed by atoms with E-state index in [-0.39, 0.29) is 11.9 Å². The Balaban J connectivity index is 1.86. The zero-order valence-electron chi connectivity index (χ0n) is 11.4. The van der Waals surface area contributed by atoms with Crippen LogP contribution in [0.2, 0.25) is 0 Å². The van der Waals surface area contributed by atoms with E-state index >= 15 is 0 Å². The Morgan fingerprint density at radius 1 is 1.45 bits per heavy atom. The summed E-state index contributed by atoms with van der Waals surface area (Å²) in [4.78, 5) is 18.4. The van der Waals surface area contributed by atoms with Crippen molar-refractivity contribution in [2.75, 3.05) is 19.6 Å². The molecule has 0 saturated carbocycles. The van der Waals surface area contributed by atoms with Crippen LogP contribution in [0, 0.1) is 0 Å². The quantitative estimate of drug-likeness (QED) is 0.873. The van der Waals surface area contributed by atoms with Gasteiger partial charge in [-0.05, 0) is 25.1 Å². The van der Waals surface area contributed by atoms with Crippen molar-refractivity contribution in [1.29, 1.82) is 0 Å². The molecule has 1 aromatic heterocycles. The third-order valence-corrected chi connectivity index (χ3v) is 3.54. The van der Waals surface area contributed by atoms with Gasteiger partial charge in [0, 0.05) is 31.2 Å². The van der Waals surface area contributed by atoms with Gasteiger partial charge in [0.05, 0.1) is 5.69 Å². The number of nitrogens with zero attached hydrogens (tertiary/aromatic N) is 4. The molecule has 3 rings (SSSR count). The van der Waals surface area contributed by atoms with Crippen molar-refractivity contribution in [2.24, 2.45) is 0 Å². The van der Waals surface area contributed by atoms with Gasteiger partial charge in [-0.2, -0.15) is 5.10 Å². The largest absolute Gasteiger partial charge is 0.333 e. The van der Waals surface area contributed by atoms with Crippen molar-refractivity contribution in [3.05, 3.63) is 42.5 Å². The predicted octanol–water partition coefficient (Wildman–Crippen LogP) is 0.701. The van der Waals surface area contributed by atoms with Crippen molar-refractivity contribution >= 4 is 5.91 Å². The van der Waals surface area contributed by atoms with Crippen LogP contribution in [0.1, 0.15) is 17.3 Å². The van der Waals surface area contributed by atoms with Crippen LogP contribution in [0.5, 0.6) is 0 Å². The van der Waals surface area contributed by atoms with Crippen molar-refractivity contribution < 1.29 is 4.79 Å². The molecule has 0 aliphatic carbocycles. The van der Waals surface area contributed by atoms with E-state index < -0.39 is 0 Å². The van der Waals surface area contributed by atoms with Gasteiger partial charge in [0.15, 0.2) is 0 Å². The fourth-order valence-corrected chi connectivity index (χ4v) is 2.43. The first kappa shape index (κ1) is 12.8. The minimum Gasteiger partial charge on any atom is -0.333 e. The van der Waals surface area contributed by atoms with Gasteiger partial charge in [-0.25, -0.2) is 9.67 Å². The van der Waals surface area contributed by atoms with E-state index in [0.717, 1.165) is 25.3 Å². The minimum absolute atomic E-state index is 0.0703. The average molecular weight is 271 g/mol. The molecule has 2 heterocycles. The zero-order valence-corrected chi connectivity index (χ0v) is 11.4. The molecule has 104 valence electrons. The number of hydrogen-bond donors (Lipinski definition) is 1. The first-order valence-electron chi connectivity index (χ1n) is 6.72. The lowest BCUT2D eigenvalue weighted by Gasteiger charge is -2.34. The first-order chi connectivity index (χ1) is 9.75. The van der Waals surface area contributed by atoms with E-state index in [1.165, 1.54) is 6.33 Å². The van der Waals surface area contributed by atoms with E-state index in [2.05, 4.69) is 22.3 Å². The summed E-state index contributed by atoms with van der Waals surface area (Å²) in [5.74, 6) is 0.0703. The van der Waals surface area contributed by atoms with Crippen LogP contribution in [0.25, 0.3) is 5.69 Å². The topological polar surface area (TPSA) is 63.1 Å². The van der Waals surface area contributed by atoms with Crippen LogP contribution >= 0.6 is 0 Å². The maximum atomic E-state index is 12.6. The summed E-state index contributed by atoms with van der Waals surface area (Å²) in [5, 5.41) is 7.37. The predicted molar refractivity (Wildman–Crippen MR) is 74.7 cm³/mol. The van der Waals surface area contributed by atoms with Gasteiger partial charge in [0.25, 0.3) is 5.91 Å². The van der Waals surface area contributed by atoms with E-state index in [0.29, 0.717) is 5.56 Å². The molecule has 2 aromatic rings. The fourth-order valence-electron chi connectivity index (χ4n) is 2.43. The Kier molecular flexibility index (Phi) is 3.47. The highest BCUT2D eigenvalue weighted by molar-refractivity contribution is 5.95. The van der Waals surface area contributed by atoms with Gasteiger partial charge < -0.3 is 10.2 Å². The second-order valence-corrected chi connectivity index (χ2v) is 4.94. The minimum atomic E-state index is 0.0703. The summed E-state index contributed by atoms with van der Waals surface area (Å²) in [5.41, 5.74) is 1.53. The van der Waals surface area contributed by atoms with E-state index in [1.54, 1.807) is 11.0 Å². The molecular formula is C14H17N5O. The van der Waals surface area contributed by atoms with Crippen molar-refractivity contribution in [1.82, 2.24) is 25.0 Å². The number of benzene rings is 1. The highest BCUT2D eigenvalue weighted by Crippen LogP contribution is 2.14. The summed E-state index contributed by atoms with van der Waals surface area (Å²) in [7, 11) is 0. The van der Waals surface area contributed by atoms with Gasteiger partial charge in [0.1, 0.15) is 12.7 Å². The average Bonchev–Trinajstić information content (AvgIpc) is 3.01. The molecule has 1 atom stereocenters. The molecule has 1 aromatic carbocycles. The van der Waals surface area contributed by atoms with E-state index in [1.807, 2.05) is 29.2 Å². The summed E-state index contributed by atoms with van der Waals surface area (Å²) >= 11 is 0. The normalized spacial score (nSPS) is 19.1. The molecule has 1 N–H and O–H groups in total. The number of carbonyl (C=O) groups is 1. The molecule has 0 bridgehead atoms. The number of aromatic nitrogens is 3. The maximum Gasteiger partial charge on any atom is 0.254 e. The Labute approximate surface area is 117 Å². The van der Waals surface area contributed by atoms with Crippen LogP contribution in [0.3, 0.4) is 0 Å². The Morgan fingerprint density at radius 3 is 3.10 bits per heavy atom. The third-order valence-electron chi connectivity index (χ3n) is 3.54. The fraction of sp³-hybridized carbons (Fsp3) is 0.357. The van der Waals surface area contributed by atoms with Gasteiger partial charge in [-0.15, -0.1) is 0 Å². The van der Waals surface area contributed by atoms with Gasteiger partial charge in [-0.3, -0.25) is 4.79 Å². The van der Waals surface area contributed by atoms with Crippen molar-refractivity contribution in [2.45, 2.75) is 13.0 Å². The lowest BCUT2D eigenvalue weighted by atomic mass is 10.1. The Hall–Kier alpha value is -2.21. The molecule has 1 fully saturated rings. The number of carbonyl (C=O) groups excluding carboxylic acids is 1. The van der Waals surface area contributed by atoms with Crippen molar-refractivity contribution in [3.63, 3.8) is 0 Å². The molecule has 6 heteroatoms. The smallest absolute Gasteiger partial charge is 0.254 e. The number of hydrogen-bond acceptors (Lipinski definition) is 4. The molecule has 1 saturated heterocycles. The number of nitrogens with one attached hydrogen (secondary N) is 1. The molecule has 6 nitrogen and oxygen atoms in total. The standard InChI is InChI=1S/C14H17N5O/c1-11-8-15-5-6-18(11)14(20)12-3-2-4-13(7-12)19-10-16-9-17-19/h2-4,7,9-11,15H,5-6,8H2,1H3. The summed E-state index contributed by atoms with van der Waals surface area (Å²) in [6, 6.07) is 7.69. The second-order valence-electron chi connectivity index (χ2n) is 4.94. The lowest BCUT2D eigenvalue weighted by Crippen LogP contribution is -2.52. The lowest BCUT2D eigenvalue weighted by molar-refractivity contribution is 0.0655. The highest BCUT2D eigenvalue weighted by Gasteiger charge is 2.24. The number of piperazine rings is 1. The Morgan fingerprint density at radius 2 is 2.35 bits per heavy atom. The van der Waals surface area contributed by atoms with Crippen LogP contribution in [-0.4, -0.2) is 51.2 Å². The first-order valence-corrected chi connectivity index (χ1v) is 6.72. The van der Waals surface area contributed by atoms with Crippen LogP contribution in [0.15, 0.2) is 36.9 Å². The molecule has 0 spiro atoms.